The van der Waals surface area contributed by atoms with Gasteiger partial charge in [0.1, 0.15) is 11.6 Å². The number of nitrogens with zero attached hydrogens (tertiary/aromatic N) is 1. The topological polar surface area (TPSA) is 34.1 Å². The fourth-order valence-electron chi connectivity index (χ4n) is 1.69. The van der Waals surface area contributed by atoms with E-state index in [0.717, 1.165) is 17.5 Å². The molecule has 1 aromatic heterocycles. The Bertz CT molecular complexity index is 581. The van der Waals surface area contributed by atoms with Crippen molar-refractivity contribution in [1.29, 1.82) is 0 Å². The maximum atomic E-state index is 14.0. The van der Waals surface area contributed by atoms with Crippen LogP contribution in [0.5, 0.6) is 0 Å². The third-order valence-corrected chi connectivity index (χ3v) is 4.81. The average molecular weight is 330 g/mol. The lowest BCUT2D eigenvalue weighted by molar-refractivity contribution is 0.199. The molecule has 2 aromatic rings. The molecular formula is C14H16F2N2OS2. The van der Waals surface area contributed by atoms with Crippen molar-refractivity contribution in [2.45, 2.75) is 22.7 Å². The number of halogens is 2. The number of thiazole rings is 1. The van der Waals surface area contributed by atoms with E-state index in [0.29, 0.717) is 29.6 Å². The minimum atomic E-state index is -0.559. The second kappa shape index (κ2) is 7.84. The largest absolute Gasteiger partial charge is 0.383 e. The number of nitrogens with one attached hydrogen (secondary N) is 1. The molecule has 0 aliphatic heterocycles. The Balaban J connectivity index is 2.06. The molecular weight excluding hydrogens is 314 g/mol. The summed E-state index contributed by atoms with van der Waals surface area (Å²) in [6.07, 6.45) is 0. The third-order valence-electron chi connectivity index (χ3n) is 2.66. The second-order valence-electron chi connectivity index (χ2n) is 4.42. The predicted octanol–water partition coefficient (Wildman–Crippen LogP) is 3.62. The van der Waals surface area contributed by atoms with Gasteiger partial charge in [-0.05, 0) is 24.6 Å². The molecule has 3 nitrogen and oxygen atoms in total. The lowest BCUT2D eigenvalue weighted by Crippen LogP contribution is -2.18. The maximum absolute atomic E-state index is 14.0. The van der Waals surface area contributed by atoms with Gasteiger partial charge >= 0.3 is 0 Å². The second-order valence-corrected chi connectivity index (χ2v) is 6.53. The Hall–Kier alpha value is -1.02. The summed E-state index contributed by atoms with van der Waals surface area (Å²) in [6, 6.07) is 2.71. The van der Waals surface area contributed by atoms with Gasteiger partial charge in [-0.2, -0.15) is 0 Å². The molecule has 0 saturated carbocycles. The summed E-state index contributed by atoms with van der Waals surface area (Å²) in [4.78, 5) is 4.19. The third kappa shape index (κ3) is 4.74. The summed E-state index contributed by atoms with van der Waals surface area (Å²) < 4.78 is 33.6. The number of hydrogen-bond acceptors (Lipinski definition) is 5. The summed E-state index contributed by atoms with van der Waals surface area (Å²) in [7, 11) is 1.60. The highest BCUT2D eigenvalue weighted by molar-refractivity contribution is 8.01. The summed E-state index contributed by atoms with van der Waals surface area (Å²) in [6.45, 7) is 3.44. The van der Waals surface area contributed by atoms with Gasteiger partial charge in [-0.1, -0.05) is 11.8 Å². The molecule has 1 N–H and O–H groups in total. The molecule has 0 aliphatic rings. The quantitative estimate of drug-likeness (QED) is 0.786. The fourth-order valence-corrected chi connectivity index (χ4v) is 3.47. The van der Waals surface area contributed by atoms with E-state index in [1.165, 1.54) is 23.5 Å². The molecule has 0 aliphatic carbocycles. The van der Waals surface area contributed by atoms with Crippen molar-refractivity contribution in [1.82, 2.24) is 10.3 Å². The smallest absolute Gasteiger partial charge is 0.155 e. The van der Waals surface area contributed by atoms with Crippen molar-refractivity contribution in [2.75, 3.05) is 20.3 Å². The molecule has 1 aromatic carbocycles. The van der Waals surface area contributed by atoms with Gasteiger partial charge in [0, 0.05) is 31.3 Å². The molecule has 21 heavy (non-hydrogen) atoms. The SMILES string of the molecule is COCCNCc1cc(F)c(Sc2nc(C)cs2)c(F)c1. The van der Waals surface area contributed by atoms with E-state index in [1.54, 1.807) is 7.11 Å². The van der Waals surface area contributed by atoms with Crippen molar-refractivity contribution in [3.05, 3.63) is 40.4 Å². The van der Waals surface area contributed by atoms with Crippen molar-refractivity contribution in [2.24, 2.45) is 0 Å². The number of ether oxygens (including phenoxy) is 1. The highest BCUT2D eigenvalue weighted by Crippen LogP contribution is 2.34. The van der Waals surface area contributed by atoms with E-state index in [4.69, 9.17) is 4.74 Å². The van der Waals surface area contributed by atoms with E-state index in [9.17, 15) is 8.78 Å². The van der Waals surface area contributed by atoms with Gasteiger partial charge in [0.05, 0.1) is 11.5 Å². The molecule has 114 valence electrons. The van der Waals surface area contributed by atoms with Gasteiger partial charge in [0.15, 0.2) is 4.34 Å². The molecule has 0 bridgehead atoms. The number of rotatable bonds is 7. The first kappa shape index (κ1) is 16.4. The standard InChI is InChI=1S/C14H16F2N2OS2/c1-9-8-20-14(18-9)21-13-11(15)5-10(6-12(13)16)7-17-3-4-19-2/h5-6,8,17H,3-4,7H2,1-2H3. The first-order valence-electron chi connectivity index (χ1n) is 6.37. The molecule has 0 atom stereocenters. The van der Waals surface area contributed by atoms with Crippen LogP contribution in [0.1, 0.15) is 11.3 Å². The van der Waals surface area contributed by atoms with Crippen LogP contribution in [0.15, 0.2) is 26.7 Å². The minimum absolute atomic E-state index is 0.00927. The number of aromatic nitrogens is 1. The number of benzene rings is 1. The predicted molar refractivity (Wildman–Crippen MR) is 80.9 cm³/mol. The molecule has 0 saturated heterocycles. The average Bonchev–Trinajstić information content (AvgIpc) is 2.85. The Kier molecular flexibility index (Phi) is 6.10. The molecule has 0 radical (unpaired) electrons. The summed E-state index contributed by atoms with van der Waals surface area (Å²) in [5.41, 5.74) is 1.42. The Labute approximate surface area is 130 Å². The van der Waals surface area contributed by atoms with Crippen LogP contribution in [-0.4, -0.2) is 25.2 Å². The highest BCUT2D eigenvalue weighted by atomic mass is 32.2. The number of hydrogen-bond donors (Lipinski definition) is 1. The van der Waals surface area contributed by atoms with Crippen LogP contribution in [0.25, 0.3) is 0 Å². The van der Waals surface area contributed by atoms with Crippen LogP contribution in [0.4, 0.5) is 8.78 Å². The van der Waals surface area contributed by atoms with Crippen molar-refractivity contribution < 1.29 is 13.5 Å². The van der Waals surface area contributed by atoms with Crippen LogP contribution < -0.4 is 5.32 Å². The summed E-state index contributed by atoms with van der Waals surface area (Å²) in [5.74, 6) is -1.12. The van der Waals surface area contributed by atoms with Crippen LogP contribution in [0, 0.1) is 18.6 Å². The van der Waals surface area contributed by atoms with Gasteiger partial charge in [-0.3, -0.25) is 0 Å². The monoisotopic (exact) mass is 330 g/mol. The Morgan fingerprint density at radius 2 is 2.05 bits per heavy atom. The van der Waals surface area contributed by atoms with Crippen molar-refractivity contribution >= 4 is 23.1 Å². The Morgan fingerprint density at radius 1 is 1.33 bits per heavy atom. The zero-order valence-corrected chi connectivity index (χ0v) is 13.4. The highest BCUT2D eigenvalue weighted by Gasteiger charge is 2.14. The van der Waals surface area contributed by atoms with E-state index in [2.05, 4.69) is 10.3 Å². The van der Waals surface area contributed by atoms with Crippen LogP contribution in [-0.2, 0) is 11.3 Å². The first-order chi connectivity index (χ1) is 10.1. The zero-order valence-electron chi connectivity index (χ0n) is 11.8. The molecule has 1 heterocycles. The molecule has 0 spiro atoms. The Morgan fingerprint density at radius 3 is 2.62 bits per heavy atom. The van der Waals surface area contributed by atoms with E-state index in [1.807, 2.05) is 12.3 Å². The van der Waals surface area contributed by atoms with Gasteiger partial charge < -0.3 is 10.1 Å². The number of methoxy groups -OCH3 is 1. The van der Waals surface area contributed by atoms with Gasteiger partial charge in [-0.15, -0.1) is 11.3 Å². The van der Waals surface area contributed by atoms with Crippen LogP contribution in [0.3, 0.4) is 0 Å². The maximum Gasteiger partial charge on any atom is 0.155 e. The fraction of sp³-hybridized carbons (Fsp3) is 0.357. The van der Waals surface area contributed by atoms with Crippen molar-refractivity contribution in [3.63, 3.8) is 0 Å². The normalized spacial score (nSPS) is 11.0. The minimum Gasteiger partial charge on any atom is -0.383 e. The van der Waals surface area contributed by atoms with Crippen LogP contribution >= 0.6 is 23.1 Å². The van der Waals surface area contributed by atoms with Crippen molar-refractivity contribution in [3.8, 4) is 0 Å². The van der Waals surface area contributed by atoms with Gasteiger partial charge in [0.2, 0.25) is 0 Å². The van der Waals surface area contributed by atoms with E-state index >= 15 is 0 Å². The number of aryl methyl sites for hydroxylation is 1. The van der Waals surface area contributed by atoms with Crippen LogP contribution in [0.2, 0.25) is 0 Å². The molecule has 0 unspecified atom stereocenters. The molecule has 0 fully saturated rings. The van der Waals surface area contributed by atoms with Gasteiger partial charge in [-0.25, -0.2) is 13.8 Å². The first-order valence-corrected chi connectivity index (χ1v) is 8.07. The zero-order chi connectivity index (χ0) is 15.2. The lowest BCUT2D eigenvalue weighted by atomic mass is 10.2. The molecule has 0 amide bonds. The van der Waals surface area contributed by atoms with E-state index in [-0.39, 0.29) is 4.90 Å². The van der Waals surface area contributed by atoms with E-state index < -0.39 is 11.6 Å². The lowest BCUT2D eigenvalue weighted by Gasteiger charge is -2.08. The molecule has 7 heteroatoms. The van der Waals surface area contributed by atoms with Gasteiger partial charge in [0.25, 0.3) is 0 Å². The summed E-state index contributed by atoms with van der Waals surface area (Å²) >= 11 is 2.40. The molecule has 2 rings (SSSR count). The summed E-state index contributed by atoms with van der Waals surface area (Å²) in [5, 5.41) is 4.91.